The molecule has 3 fully saturated rings. The van der Waals surface area contributed by atoms with E-state index >= 15 is 8.78 Å². The summed E-state index contributed by atoms with van der Waals surface area (Å²) in [5, 5.41) is 21.5. The summed E-state index contributed by atoms with van der Waals surface area (Å²) in [7, 11) is 0. The van der Waals surface area contributed by atoms with Crippen molar-refractivity contribution in [2.24, 2.45) is 5.41 Å². The molecule has 2 heterocycles. The number of pyridine rings is 1. The summed E-state index contributed by atoms with van der Waals surface area (Å²) in [6, 6.07) is 4.75. The summed E-state index contributed by atoms with van der Waals surface area (Å²) < 4.78 is 73.9. The van der Waals surface area contributed by atoms with E-state index in [2.05, 4.69) is 20.5 Å². The molecular weight excluding hydrogens is 421 g/mol. The van der Waals surface area contributed by atoms with Gasteiger partial charge in [0.2, 0.25) is 5.95 Å². The van der Waals surface area contributed by atoms with Gasteiger partial charge in [0.25, 0.3) is 5.92 Å². The van der Waals surface area contributed by atoms with Crippen LogP contribution in [0.3, 0.4) is 0 Å². The van der Waals surface area contributed by atoms with Gasteiger partial charge < -0.3 is 5.11 Å². The van der Waals surface area contributed by atoms with E-state index in [1.807, 2.05) is 0 Å². The molecule has 0 radical (unpaired) electrons. The van der Waals surface area contributed by atoms with Crippen molar-refractivity contribution in [3.8, 4) is 0 Å². The lowest BCUT2D eigenvalue weighted by Gasteiger charge is -2.74. The Kier molecular flexibility index (Phi) is 4.05. The number of aromatic nitrogens is 5. The molecule has 0 aliphatic heterocycles. The van der Waals surface area contributed by atoms with Crippen molar-refractivity contribution < 1.29 is 27.1 Å². The van der Waals surface area contributed by atoms with Crippen LogP contribution >= 0.6 is 0 Å². The zero-order chi connectivity index (χ0) is 22.1. The SMILES string of the molecule is O[C@@](Cn1cnnn1)(c1ccc(F)cc1F)C(F)(F)C12CC(c3ccc(F)nc3)(C1)C2. The maximum absolute atomic E-state index is 16.0. The quantitative estimate of drug-likeness (QED) is 0.474. The number of hydrogen-bond donors (Lipinski definition) is 1. The maximum atomic E-state index is 16.0. The fourth-order valence-corrected chi connectivity index (χ4v) is 5.22. The zero-order valence-corrected chi connectivity index (χ0v) is 15.9. The van der Waals surface area contributed by atoms with E-state index in [-0.39, 0.29) is 19.3 Å². The molecule has 2 aromatic heterocycles. The number of aliphatic hydroxyl groups is 1. The lowest BCUT2D eigenvalue weighted by atomic mass is 9.30. The summed E-state index contributed by atoms with van der Waals surface area (Å²) in [6.07, 6.45) is 2.39. The highest BCUT2D eigenvalue weighted by atomic mass is 19.3. The Morgan fingerprint density at radius 3 is 2.39 bits per heavy atom. The van der Waals surface area contributed by atoms with Crippen molar-refractivity contribution >= 4 is 0 Å². The lowest BCUT2D eigenvalue weighted by molar-refractivity contribution is -0.347. The monoisotopic (exact) mass is 437 g/mol. The summed E-state index contributed by atoms with van der Waals surface area (Å²) in [4.78, 5) is 3.59. The topological polar surface area (TPSA) is 76.7 Å². The second kappa shape index (κ2) is 6.28. The molecule has 3 aliphatic rings. The van der Waals surface area contributed by atoms with Gasteiger partial charge in [-0.2, -0.15) is 4.39 Å². The predicted molar refractivity (Wildman–Crippen MR) is 95.2 cm³/mol. The minimum absolute atomic E-state index is 0.0149. The van der Waals surface area contributed by atoms with E-state index in [0.717, 1.165) is 23.1 Å². The molecule has 3 saturated carbocycles. The Morgan fingerprint density at radius 1 is 1.06 bits per heavy atom. The largest absolute Gasteiger partial charge is 0.377 e. The van der Waals surface area contributed by atoms with Gasteiger partial charge in [0, 0.05) is 23.2 Å². The fourth-order valence-electron chi connectivity index (χ4n) is 5.22. The van der Waals surface area contributed by atoms with Crippen LogP contribution in [0, 0.1) is 23.0 Å². The molecular formula is C20H16F5N5O. The summed E-state index contributed by atoms with van der Waals surface area (Å²) in [5.41, 5.74) is -5.32. The third kappa shape index (κ3) is 2.65. The Labute approximate surface area is 172 Å². The van der Waals surface area contributed by atoms with Crippen molar-refractivity contribution in [3.63, 3.8) is 0 Å². The second-order valence-electron chi connectivity index (χ2n) is 8.53. The molecule has 3 aromatic rings. The molecule has 6 nitrogen and oxygen atoms in total. The van der Waals surface area contributed by atoms with Gasteiger partial charge in [-0.25, -0.2) is 27.2 Å². The number of alkyl halides is 2. The van der Waals surface area contributed by atoms with E-state index in [9.17, 15) is 18.3 Å². The van der Waals surface area contributed by atoms with Crippen molar-refractivity contribution in [2.75, 3.05) is 0 Å². The van der Waals surface area contributed by atoms with Crippen molar-refractivity contribution in [3.05, 3.63) is 71.6 Å². The van der Waals surface area contributed by atoms with Crippen molar-refractivity contribution in [1.82, 2.24) is 25.2 Å². The Balaban J connectivity index is 1.52. The van der Waals surface area contributed by atoms with Crippen LogP contribution in [0.4, 0.5) is 22.0 Å². The van der Waals surface area contributed by atoms with Gasteiger partial charge in [0.15, 0.2) is 5.60 Å². The summed E-state index contributed by atoms with van der Waals surface area (Å²) in [5.74, 6) is -6.72. The molecule has 162 valence electrons. The smallest absolute Gasteiger partial charge is 0.287 e. The van der Waals surface area contributed by atoms with E-state index in [0.29, 0.717) is 11.6 Å². The number of rotatable bonds is 6. The van der Waals surface area contributed by atoms with E-state index in [1.54, 1.807) is 0 Å². The first kappa shape index (κ1) is 20.0. The fraction of sp³-hybridized carbons (Fsp3) is 0.400. The van der Waals surface area contributed by atoms with Crippen LogP contribution in [0.1, 0.15) is 30.4 Å². The zero-order valence-electron chi connectivity index (χ0n) is 15.9. The molecule has 3 aliphatic carbocycles. The van der Waals surface area contributed by atoms with Gasteiger partial charge in [-0.05, 0) is 58.9 Å². The highest BCUT2D eigenvalue weighted by Gasteiger charge is 2.82. The second-order valence-corrected chi connectivity index (χ2v) is 8.53. The average Bonchev–Trinajstić information content (AvgIpc) is 3.13. The molecule has 31 heavy (non-hydrogen) atoms. The van der Waals surface area contributed by atoms with E-state index < -0.39 is 52.0 Å². The van der Waals surface area contributed by atoms with Crippen LogP contribution in [0.2, 0.25) is 0 Å². The van der Waals surface area contributed by atoms with Crippen LogP contribution in [-0.4, -0.2) is 36.2 Å². The first-order chi connectivity index (χ1) is 14.6. The average molecular weight is 437 g/mol. The number of nitrogens with zero attached hydrogens (tertiary/aromatic N) is 5. The molecule has 1 aromatic carbocycles. The molecule has 1 N–H and O–H groups in total. The third-order valence-corrected chi connectivity index (χ3v) is 6.71. The van der Waals surface area contributed by atoms with Gasteiger partial charge in [-0.1, -0.05) is 6.07 Å². The maximum Gasteiger partial charge on any atom is 0.287 e. The molecule has 0 spiro atoms. The van der Waals surface area contributed by atoms with Gasteiger partial charge >= 0.3 is 0 Å². The van der Waals surface area contributed by atoms with E-state index in [1.165, 1.54) is 18.3 Å². The lowest BCUT2D eigenvalue weighted by Crippen LogP contribution is -2.76. The molecule has 6 rings (SSSR count). The molecule has 2 bridgehead atoms. The molecule has 0 unspecified atom stereocenters. The van der Waals surface area contributed by atoms with Gasteiger partial charge in [-0.3, -0.25) is 0 Å². The van der Waals surface area contributed by atoms with Gasteiger partial charge in [-0.15, -0.1) is 5.10 Å². The first-order valence-corrected chi connectivity index (χ1v) is 9.50. The third-order valence-electron chi connectivity index (χ3n) is 6.71. The summed E-state index contributed by atoms with van der Waals surface area (Å²) in [6.45, 7) is -0.831. The van der Waals surface area contributed by atoms with Crippen molar-refractivity contribution in [2.45, 2.75) is 42.7 Å². The number of halogens is 5. The normalized spacial score (nSPS) is 26.6. The van der Waals surface area contributed by atoms with Gasteiger partial charge in [0.1, 0.15) is 18.0 Å². The minimum atomic E-state index is -3.81. The Hall–Kier alpha value is -2.95. The highest BCUT2D eigenvalue weighted by Crippen LogP contribution is 2.80. The van der Waals surface area contributed by atoms with Crippen LogP contribution in [0.25, 0.3) is 0 Å². The number of hydrogen-bond acceptors (Lipinski definition) is 5. The molecule has 11 heteroatoms. The molecule has 0 amide bonds. The van der Waals surface area contributed by atoms with E-state index in [4.69, 9.17) is 0 Å². The van der Waals surface area contributed by atoms with Crippen LogP contribution in [0.5, 0.6) is 0 Å². The number of tetrazole rings is 1. The standard InChI is InChI=1S/C20H16F5N5O/c21-13-2-3-14(15(22)5-13)19(31,10-30-11-27-28-29-30)20(24,25)18-7-17(8-18,9-18)12-1-4-16(23)26-6-12/h1-6,11,31H,7-10H2/t17?,18?,19-/m0/s1. The molecule has 0 saturated heterocycles. The Bertz CT molecular complexity index is 1120. The summed E-state index contributed by atoms with van der Waals surface area (Å²) >= 11 is 0. The Morgan fingerprint density at radius 2 is 1.81 bits per heavy atom. The van der Waals surface area contributed by atoms with Gasteiger partial charge in [0.05, 0.1) is 6.54 Å². The number of benzene rings is 1. The van der Waals surface area contributed by atoms with Crippen molar-refractivity contribution in [1.29, 1.82) is 0 Å². The molecule has 1 atom stereocenters. The predicted octanol–water partition coefficient (Wildman–Crippen LogP) is 3.13. The minimum Gasteiger partial charge on any atom is -0.377 e. The van der Waals surface area contributed by atoms with Crippen LogP contribution in [-0.2, 0) is 17.6 Å². The highest BCUT2D eigenvalue weighted by molar-refractivity contribution is 5.42. The first-order valence-electron chi connectivity index (χ1n) is 9.50. The van der Waals surface area contributed by atoms with Crippen LogP contribution < -0.4 is 0 Å². The van der Waals surface area contributed by atoms with Crippen LogP contribution in [0.15, 0.2) is 42.9 Å².